The molecule has 0 saturated carbocycles. The zero-order valence-electron chi connectivity index (χ0n) is 9.53. The molecule has 1 atom stereocenters. The lowest BCUT2D eigenvalue weighted by molar-refractivity contribution is -0.140. The van der Waals surface area contributed by atoms with Crippen molar-refractivity contribution in [2.45, 2.75) is 17.4 Å². The molecule has 4 N–H and O–H groups in total. The van der Waals surface area contributed by atoms with Gasteiger partial charge in [-0.15, -0.1) is 0 Å². The van der Waals surface area contributed by atoms with E-state index in [0.29, 0.717) is 0 Å². The Morgan fingerprint density at radius 1 is 1.56 bits per heavy atom. The minimum absolute atomic E-state index is 0.0827. The molecule has 0 aliphatic rings. The number of rotatable bonds is 6. The third kappa shape index (κ3) is 3.57. The van der Waals surface area contributed by atoms with Crippen molar-refractivity contribution in [3.05, 3.63) is 18.5 Å². The minimum Gasteiger partial charge on any atom is -0.480 e. The quantitative estimate of drug-likeness (QED) is 0.589. The number of sulfonamides is 1. The Bertz CT molecular complexity index is 563. The summed E-state index contributed by atoms with van der Waals surface area (Å²) in [6.07, 6.45) is 2.20. The first-order valence-electron chi connectivity index (χ1n) is 4.88. The zero-order chi connectivity index (χ0) is 13.9. The van der Waals surface area contributed by atoms with Crippen molar-refractivity contribution in [2.75, 3.05) is 0 Å². The van der Waals surface area contributed by atoms with E-state index >= 15 is 0 Å². The van der Waals surface area contributed by atoms with E-state index in [1.165, 1.54) is 23.0 Å². The molecule has 0 saturated heterocycles. The monoisotopic (exact) mass is 275 g/mol. The second-order valence-corrected chi connectivity index (χ2v) is 5.41. The number of carbonyl (C=O) groups excluding carboxylic acids is 1. The first-order valence-corrected chi connectivity index (χ1v) is 6.36. The van der Waals surface area contributed by atoms with Crippen molar-refractivity contribution in [3.8, 4) is 0 Å². The van der Waals surface area contributed by atoms with Gasteiger partial charge in [-0.3, -0.25) is 9.59 Å². The average molecular weight is 275 g/mol. The molecule has 0 aliphatic carbocycles. The number of aromatic nitrogens is 1. The van der Waals surface area contributed by atoms with Crippen molar-refractivity contribution < 1.29 is 23.1 Å². The first-order chi connectivity index (χ1) is 8.22. The maximum Gasteiger partial charge on any atom is 0.322 e. The molecule has 0 bridgehead atoms. The molecule has 0 unspecified atom stereocenters. The number of carbonyl (C=O) groups is 2. The highest BCUT2D eigenvalue weighted by atomic mass is 32.2. The maximum atomic E-state index is 11.8. The van der Waals surface area contributed by atoms with Gasteiger partial charge in [-0.25, -0.2) is 8.42 Å². The van der Waals surface area contributed by atoms with Gasteiger partial charge in [-0.2, -0.15) is 4.72 Å². The molecule has 1 amide bonds. The van der Waals surface area contributed by atoms with Crippen molar-refractivity contribution >= 4 is 21.9 Å². The van der Waals surface area contributed by atoms with Crippen LogP contribution in [0.3, 0.4) is 0 Å². The molecule has 100 valence electrons. The Kier molecular flexibility index (Phi) is 4.09. The number of hydrogen-bond donors (Lipinski definition) is 3. The highest BCUT2D eigenvalue weighted by Gasteiger charge is 2.27. The predicted molar refractivity (Wildman–Crippen MR) is 61.0 cm³/mol. The van der Waals surface area contributed by atoms with Gasteiger partial charge >= 0.3 is 5.97 Å². The van der Waals surface area contributed by atoms with Crippen LogP contribution < -0.4 is 10.5 Å². The number of carboxylic acids is 1. The maximum absolute atomic E-state index is 11.8. The fourth-order valence-corrected chi connectivity index (χ4v) is 2.51. The van der Waals surface area contributed by atoms with Crippen LogP contribution in [0.5, 0.6) is 0 Å². The normalized spacial score (nSPS) is 13.2. The van der Waals surface area contributed by atoms with Crippen LogP contribution in [0.2, 0.25) is 0 Å². The molecule has 1 aromatic rings. The molecule has 1 heterocycles. The number of carboxylic acid groups (broad SMARTS) is 1. The van der Waals surface area contributed by atoms with Crippen LogP contribution >= 0.6 is 0 Å². The van der Waals surface area contributed by atoms with Crippen LogP contribution in [0.25, 0.3) is 0 Å². The summed E-state index contributed by atoms with van der Waals surface area (Å²) in [5.74, 6) is -2.37. The summed E-state index contributed by atoms with van der Waals surface area (Å²) in [5, 5.41) is 8.80. The average Bonchev–Trinajstić information content (AvgIpc) is 2.63. The van der Waals surface area contributed by atoms with Crippen LogP contribution in [-0.4, -0.2) is 36.0 Å². The van der Waals surface area contributed by atoms with Crippen molar-refractivity contribution in [2.24, 2.45) is 12.8 Å². The van der Waals surface area contributed by atoms with Crippen molar-refractivity contribution in [3.63, 3.8) is 0 Å². The van der Waals surface area contributed by atoms with E-state index in [0.717, 1.165) is 0 Å². The molecule has 1 aromatic heterocycles. The standard InChI is InChI=1S/C9H13N3O5S/c1-12-3-2-6(5-12)18(16,17)11-7(9(14)15)4-8(10)13/h2-3,5,7,11H,4H2,1H3,(H2,10,13)(H,14,15)/t7-/m0/s1. The molecule has 0 spiro atoms. The molecule has 9 heteroatoms. The van der Waals surface area contributed by atoms with Crippen LogP contribution in [0, 0.1) is 0 Å². The number of aliphatic carboxylic acids is 1. The number of nitrogens with one attached hydrogen (secondary N) is 1. The Hall–Kier alpha value is -1.87. The van der Waals surface area contributed by atoms with Crippen LogP contribution in [-0.2, 0) is 26.7 Å². The fraction of sp³-hybridized carbons (Fsp3) is 0.333. The highest BCUT2D eigenvalue weighted by molar-refractivity contribution is 7.89. The topological polar surface area (TPSA) is 131 Å². The minimum atomic E-state index is -3.99. The van der Waals surface area contributed by atoms with Crippen molar-refractivity contribution in [1.82, 2.24) is 9.29 Å². The lowest BCUT2D eigenvalue weighted by Gasteiger charge is -2.12. The molecule has 8 nitrogen and oxygen atoms in total. The van der Waals surface area contributed by atoms with Gasteiger partial charge in [0.25, 0.3) is 0 Å². The van der Waals surface area contributed by atoms with Crippen LogP contribution in [0.4, 0.5) is 0 Å². The highest BCUT2D eigenvalue weighted by Crippen LogP contribution is 2.09. The molecule has 0 aliphatic heterocycles. The van der Waals surface area contributed by atoms with Gasteiger partial charge in [0.1, 0.15) is 6.04 Å². The summed E-state index contributed by atoms with van der Waals surface area (Å²) < 4.78 is 27.0. The summed E-state index contributed by atoms with van der Waals surface area (Å²) in [6.45, 7) is 0. The number of primary amides is 1. The SMILES string of the molecule is Cn1ccc(S(=O)(=O)N[C@@H](CC(N)=O)C(=O)O)c1. The molecular weight excluding hydrogens is 262 g/mol. The van der Waals surface area contributed by atoms with E-state index in [-0.39, 0.29) is 4.90 Å². The van der Waals surface area contributed by atoms with Crippen LogP contribution in [0.1, 0.15) is 6.42 Å². The van der Waals surface area contributed by atoms with Gasteiger partial charge in [-0.05, 0) is 6.07 Å². The third-order valence-corrected chi connectivity index (χ3v) is 3.57. The fourth-order valence-electron chi connectivity index (χ4n) is 1.27. The molecule has 18 heavy (non-hydrogen) atoms. The van der Waals surface area contributed by atoms with Crippen LogP contribution in [0.15, 0.2) is 23.4 Å². The number of aryl methyl sites for hydroxylation is 1. The lowest BCUT2D eigenvalue weighted by atomic mass is 10.2. The first kappa shape index (κ1) is 14.2. The van der Waals surface area contributed by atoms with Crippen molar-refractivity contribution in [1.29, 1.82) is 0 Å². The molecule has 0 aromatic carbocycles. The van der Waals surface area contributed by atoms with E-state index < -0.39 is 34.4 Å². The molecule has 1 rings (SSSR count). The summed E-state index contributed by atoms with van der Waals surface area (Å²) in [6, 6.07) is -0.265. The molecular formula is C9H13N3O5S. The van der Waals surface area contributed by atoms with E-state index in [1.807, 2.05) is 4.72 Å². The van der Waals surface area contributed by atoms with E-state index in [9.17, 15) is 18.0 Å². The number of nitrogens with zero attached hydrogens (tertiary/aromatic N) is 1. The number of hydrogen-bond acceptors (Lipinski definition) is 4. The summed E-state index contributed by atoms with van der Waals surface area (Å²) >= 11 is 0. The van der Waals surface area contributed by atoms with Gasteiger partial charge in [0.05, 0.1) is 11.3 Å². The predicted octanol–water partition coefficient (Wildman–Crippen LogP) is -1.37. The second-order valence-electron chi connectivity index (χ2n) is 3.70. The van der Waals surface area contributed by atoms with Gasteiger partial charge < -0.3 is 15.4 Å². The van der Waals surface area contributed by atoms with E-state index in [2.05, 4.69) is 0 Å². The largest absolute Gasteiger partial charge is 0.480 e. The summed E-state index contributed by atoms with van der Waals surface area (Å²) in [5.41, 5.74) is 4.85. The van der Waals surface area contributed by atoms with E-state index in [4.69, 9.17) is 10.8 Å². The third-order valence-electron chi connectivity index (χ3n) is 2.12. The van der Waals surface area contributed by atoms with Gasteiger partial charge in [0.2, 0.25) is 15.9 Å². The van der Waals surface area contributed by atoms with E-state index in [1.54, 1.807) is 7.05 Å². The zero-order valence-corrected chi connectivity index (χ0v) is 10.3. The summed E-state index contributed by atoms with van der Waals surface area (Å²) in [4.78, 5) is 21.4. The lowest BCUT2D eigenvalue weighted by Crippen LogP contribution is -2.43. The molecule has 0 radical (unpaired) electrons. The van der Waals surface area contributed by atoms with Gasteiger partial charge in [0.15, 0.2) is 0 Å². The molecule has 0 fully saturated rings. The Morgan fingerprint density at radius 2 is 2.17 bits per heavy atom. The number of amides is 1. The van der Waals surface area contributed by atoms with Gasteiger partial charge in [-0.1, -0.05) is 0 Å². The number of nitrogens with two attached hydrogens (primary N) is 1. The second kappa shape index (κ2) is 5.19. The summed E-state index contributed by atoms with van der Waals surface area (Å²) in [7, 11) is -2.37. The Labute approximate surface area is 103 Å². The van der Waals surface area contributed by atoms with Gasteiger partial charge in [0, 0.05) is 19.4 Å². The smallest absolute Gasteiger partial charge is 0.322 e. The Balaban J connectivity index is 2.93. The Morgan fingerprint density at radius 3 is 2.56 bits per heavy atom.